The summed E-state index contributed by atoms with van der Waals surface area (Å²) >= 11 is 0.196. The number of hydrogen-bond acceptors (Lipinski definition) is 3. The molecule has 0 fully saturated rings. The summed E-state index contributed by atoms with van der Waals surface area (Å²) in [6.45, 7) is 0. The van der Waals surface area contributed by atoms with Crippen LogP contribution in [-0.4, -0.2) is 7.11 Å². The van der Waals surface area contributed by atoms with Gasteiger partial charge < -0.3 is 0 Å². The van der Waals surface area contributed by atoms with E-state index in [-0.39, 0.29) is 39.9 Å². The molecule has 0 spiro atoms. The fraction of sp³-hybridized carbons (Fsp3) is 1.00. The third kappa shape index (κ3) is 6.11. The molecule has 0 atom stereocenters. The van der Waals surface area contributed by atoms with Gasteiger partial charge in [-0.3, -0.25) is 0 Å². The average molecular weight is 380 g/mol. The van der Waals surface area contributed by atoms with Crippen molar-refractivity contribution in [1.29, 1.82) is 0 Å². The van der Waals surface area contributed by atoms with Gasteiger partial charge in [0, 0.05) is 0 Å². The monoisotopic (exact) mass is 381 g/mol. The quantitative estimate of drug-likeness (QED) is 0.409. The molecular formula is CH4NO2ReXe. The normalized spacial score (nSPS) is 9.67. The van der Waals surface area contributed by atoms with E-state index in [0.29, 0.717) is 0 Å². The molecule has 0 saturated carbocycles. The van der Waals surface area contributed by atoms with Crippen LogP contribution >= 0.6 is 0 Å². The van der Waals surface area contributed by atoms with Crippen LogP contribution in [0.15, 0.2) is 0 Å². The van der Waals surface area contributed by atoms with Crippen molar-refractivity contribution in [2.75, 3.05) is 7.11 Å². The van der Waals surface area contributed by atoms with E-state index in [1.165, 1.54) is 7.11 Å². The Morgan fingerprint density at radius 3 is 2.67 bits per heavy atom. The Morgan fingerprint density at radius 2 is 2.50 bits per heavy atom. The Balaban J connectivity index is 2.34. The van der Waals surface area contributed by atoms with Gasteiger partial charge in [0.05, 0.1) is 0 Å². The molecule has 0 aromatic rings. The average Bonchev–Trinajstić information content (AvgIpc) is 1.61. The van der Waals surface area contributed by atoms with E-state index < -0.39 is 0 Å². The van der Waals surface area contributed by atoms with Crippen LogP contribution in [0.25, 0.3) is 0 Å². The Hall–Kier alpha value is 2.11. The first-order valence-corrected chi connectivity index (χ1v) is 9.30. The molecule has 0 rings (SSSR count). The van der Waals surface area contributed by atoms with Crippen LogP contribution in [0.5, 0.6) is 0 Å². The Kier molecular flexibility index (Phi) is 9.62. The summed E-state index contributed by atoms with van der Waals surface area (Å²) in [5.41, 5.74) is 0. The van der Waals surface area contributed by atoms with Crippen LogP contribution < -0.4 is 0.493 Å². The van der Waals surface area contributed by atoms with Gasteiger partial charge in [-0.25, -0.2) is 0 Å². The summed E-state index contributed by atoms with van der Waals surface area (Å²) in [7, 11) is 3.14. The van der Waals surface area contributed by atoms with E-state index in [4.69, 9.17) is 0 Å². The van der Waals surface area contributed by atoms with Crippen molar-refractivity contribution in [3.63, 3.8) is 0 Å². The zero-order valence-electron chi connectivity index (χ0n) is 3.05. The molecule has 5 heteroatoms. The van der Waals surface area contributed by atoms with Gasteiger partial charge >= 0.3 is 66.9 Å². The third-order valence-electron chi connectivity index (χ3n) is 0.140. The first-order valence-electron chi connectivity index (χ1n) is 1.09. The van der Waals surface area contributed by atoms with Gasteiger partial charge in [0.2, 0.25) is 0 Å². The molecule has 0 radical (unpaired) electrons. The van der Waals surface area contributed by atoms with E-state index in [0.717, 1.165) is 0 Å². The maximum atomic E-state index is 4.29. The van der Waals surface area contributed by atoms with Crippen molar-refractivity contribution in [1.82, 2.24) is 0.493 Å². The van der Waals surface area contributed by atoms with Gasteiger partial charge in [0.25, 0.3) is 0 Å². The molecule has 3 nitrogen and oxygen atoms in total. The molecule has 0 aromatic heterocycles. The van der Waals surface area contributed by atoms with Crippen molar-refractivity contribution in [3.05, 3.63) is 0 Å². The second kappa shape index (κ2) is 7.11. The molecule has 6 heavy (non-hydrogen) atoms. The molecule has 40 valence electrons. The van der Waals surface area contributed by atoms with Gasteiger partial charge in [-0.15, -0.1) is 0 Å². The minimum absolute atomic E-state index is 0.196. The van der Waals surface area contributed by atoms with Crippen LogP contribution in [0.1, 0.15) is 0 Å². The van der Waals surface area contributed by atoms with Gasteiger partial charge in [0.15, 0.2) is 0 Å². The second-order valence-corrected chi connectivity index (χ2v) is 4.40. The van der Waals surface area contributed by atoms with Crippen molar-refractivity contribution in [2.24, 2.45) is 0 Å². The number of hydrogen-bond donors (Lipinski definition) is 1. The molecule has 0 unspecified atom stereocenters. The minimum atomic E-state index is 0.196. The van der Waals surface area contributed by atoms with Crippen molar-refractivity contribution >= 4 is 0 Å². The van der Waals surface area contributed by atoms with Gasteiger partial charge in [-0.05, 0) is 0 Å². The van der Waals surface area contributed by atoms with Crippen LogP contribution in [-0.2, 0) is 19.4 Å². The SMILES string of the molecule is COON[Xe][Re]. The first kappa shape index (κ1) is 8.11. The summed E-state index contributed by atoms with van der Waals surface area (Å²) in [4.78, 5) is 8.49. The van der Waals surface area contributed by atoms with E-state index in [2.05, 4.69) is 10.4 Å². The Labute approximate surface area is 65.2 Å². The van der Waals surface area contributed by atoms with Crippen LogP contribution in [0.4, 0.5) is 0 Å². The molecule has 0 aliphatic carbocycles. The van der Waals surface area contributed by atoms with Crippen molar-refractivity contribution in [3.8, 4) is 0 Å². The first-order chi connectivity index (χ1) is 2.91. The van der Waals surface area contributed by atoms with Crippen LogP contribution in [0.3, 0.4) is 0 Å². The molecule has 0 saturated heterocycles. The maximum absolute atomic E-state index is 4.29. The number of nitrogens with one attached hydrogen (secondary N) is 1. The summed E-state index contributed by atoms with van der Waals surface area (Å²) in [6.07, 6.45) is 0. The van der Waals surface area contributed by atoms with Crippen LogP contribution in [0, 0.1) is 39.9 Å². The van der Waals surface area contributed by atoms with Crippen molar-refractivity contribution < 1.29 is 59.3 Å². The van der Waals surface area contributed by atoms with Crippen LogP contribution in [0.2, 0.25) is 0 Å². The fourth-order valence-electron chi connectivity index (χ4n) is 0.0406. The molecule has 0 amide bonds. The molecule has 0 aliphatic rings. The van der Waals surface area contributed by atoms with Gasteiger partial charge in [0.1, 0.15) is 0 Å². The molecule has 0 bridgehead atoms. The van der Waals surface area contributed by atoms with E-state index in [1.54, 1.807) is 9.49 Å². The molecule has 0 aromatic carbocycles. The van der Waals surface area contributed by atoms with Gasteiger partial charge in [-0.2, -0.15) is 0 Å². The zero-order chi connectivity index (χ0) is 4.83. The van der Waals surface area contributed by atoms with Crippen molar-refractivity contribution in [2.45, 2.75) is 0 Å². The van der Waals surface area contributed by atoms with E-state index >= 15 is 0 Å². The fourth-order valence-corrected chi connectivity index (χ4v) is 0.809. The zero-order valence-corrected chi connectivity index (χ0v) is 7.78. The predicted molar refractivity (Wildman–Crippen MR) is 11.2 cm³/mol. The summed E-state index contributed by atoms with van der Waals surface area (Å²) in [5.74, 6) is 0. The molecular weight excluding hydrogens is 376 g/mol. The summed E-state index contributed by atoms with van der Waals surface area (Å²) < 4.78 is 2.59. The molecule has 0 heterocycles. The Morgan fingerprint density at radius 1 is 1.83 bits per heavy atom. The molecule has 0 aliphatic heterocycles. The number of rotatable bonds is 3. The predicted octanol–water partition coefficient (Wildman–Crippen LogP) is -0.469. The summed E-state index contributed by atoms with van der Waals surface area (Å²) in [6, 6.07) is 0. The summed E-state index contributed by atoms with van der Waals surface area (Å²) in [5, 5.41) is 0. The standard InChI is InChI=1S/CH4NO2Xe.Re/c1-3-4-2-5;/h2H,1H3;. The molecule has 1 N–H and O–H groups in total. The Bertz CT molecular complexity index is 25.5. The topological polar surface area (TPSA) is 30.5 Å². The van der Waals surface area contributed by atoms with E-state index in [9.17, 15) is 0 Å². The second-order valence-electron chi connectivity index (χ2n) is 0.389. The van der Waals surface area contributed by atoms with Gasteiger partial charge in [-0.1, -0.05) is 0 Å². The third-order valence-corrected chi connectivity index (χ3v) is 1.78. The van der Waals surface area contributed by atoms with E-state index in [1.807, 2.05) is 0 Å².